The van der Waals surface area contributed by atoms with Crippen LogP contribution in [0.25, 0.3) is 10.8 Å². The lowest BCUT2D eigenvalue weighted by atomic mass is 9.95. The van der Waals surface area contributed by atoms with Crippen LogP contribution in [0.15, 0.2) is 60.7 Å². The molecule has 100 valence electrons. The Hall–Kier alpha value is -1.83. The molecule has 0 saturated heterocycles. The van der Waals surface area contributed by atoms with E-state index in [4.69, 9.17) is 11.6 Å². The van der Waals surface area contributed by atoms with Crippen molar-refractivity contribution in [1.82, 2.24) is 0 Å². The van der Waals surface area contributed by atoms with Crippen molar-refractivity contribution in [3.63, 3.8) is 0 Å². The van der Waals surface area contributed by atoms with Gasteiger partial charge in [0.15, 0.2) is 0 Å². The zero-order valence-electron chi connectivity index (χ0n) is 11.2. The molecule has 1 nitrogen and oxygen atoms in total. The van der Waals surface area contributed by atoms with Crippen LogP contribution in [-0.4, -0.2) is 5.11 Å². The Balaban J connectivity index is 2.14. The molecule has 0 heterocycles. The van der Waals surface area contributed by atoms with Crippen molar-refractivity contribution in [2.75, 3.05) is 0 Å². The number of fused-ring (bicyclic) bond motifs is 1. The topological polar surface area (TPSA) is 20.2 Å². The fraction of sp³-hybridized carbons (Fsp3) is 0.111. The monoisotopic (exact) mass is 282 g/mol. The number of aliphatic hydroxyl groups is 1. The maximum absolute atomic E-state index is 10.6. The summed E-state index contributed by atoms with van der Waals surface area (Å²) >= 11 is 6.22. The molecular formula is C18H15ClO. The first kappa shape index (κ1) is 13.2. The molecular weight excluding hydrogens is 268 g/mol. The first-order valence-corrected chi connectivity index (χ1v) is 6.96. The Kier molecular flexibility index (Phi) is 3.47. The van der Waals surface area contributed by atoms with Gasteiger partial charge in [0.25, 0.3) is 0 Å². The quantitative estimate of drug-likeness (QED) is 0.710. The van der Waals surface area contributed by atoms with E-state index in [9.17, 15) is 5.11 Å². The molecule has 20 heavy (non-hydrogen) atoms. The maximum Gasteiger partial charge on any atom is 0.105 e. The molecule has 0 amide bonds. The predicted octanol–water partition coefficient (Wildman–Crippen LogP) is 4.88. The van der Waals surface area contributed by atoms with Crippen LogP contribution in [0.2, 0.25) is 5.02 Å². The second-order valence-electron chi connectivity index (χ2n) is 5.00. The fourth-order valence-corrected chi connectivity index (χ4v) is 2.68. The van der Waals surface area contributed by atoms with Gasteiger partial charge in [-0.1, -0.05) is 71.8 Å². The highest BCUT2D eigenvalue weighted by atomic mass is 35.5. The van der Waals surface area contributed by atoms with Gasteiger partial charge in [-0.25, -0.2) is 0 Å². The summed E-state index contributed by atoms with van der Waals surface area (Å²) in [5.74, 6) is 0. The van der Waals surface area contributed by atoms with Crippen LogP contribution in [-0.2, 0) is 0 Å². The minimum atomic E-state index is -0.641. The van der Waals surface area contributed by atoms with E-state index >= 15 is 0 Å². The third-order valence-corrected chi connectivity index (χ3v) is 3.92. The first-order chi connectivity index (χ1) is 9.66. The normalized spacial score (nSPS) is 12.6. The third kappa shape index (κ3) is 2.31. The molecule has 0 bridgehead atoms. The standard InChI is InChI=1S/C18H15ClO/c1-12-6-8-13(9-7-12)18(20)16-10-11-17(19)15-5-3-2-4-14(15)16/h2-11,18,20H,1H3. The van der Waals surface area contributed by atoms with E-state index in [1.54, 1.807) is 0 Å². The van der Waals surface area contributed by atoms with Crippen molar-refractivity contribution in [3.05, 3.63) is 82.4 Å². The Bertz CT molecular complexity index is 747. The second-order valence-corrected chi connectivity index (χ2v) is 5.40. The lowest BCUT2D eigenvalue weighted by molar-refractivity contribution is 0.222. The number of aryl methyl sites for hydroxylation is 1. The molecule has 0 radical (unpaired) electrons. The number of hydrogen-bond acceptors (Lipinski definition) is 1. The van der Waals surface area contributed by atoms with Crippen molar-refractivity contribution in [1.29, 1.82) is 0 Å². The van der Waals surface area contributed by atoms with E-state index in [1.807, 2.05) is 67.6 Å². The highest BCUT2D eigenvalue weighted by molar-refractivity contribution is 6.35. The van der Waals surface area contributed by atoms with E-state index in [1.165, 1.54) is 5.56 Å². The summed E-state index contributed by atoms with van der Waals surface area (Å²) in [6, 6.07) is 19.6. The molecule has 0 fully saturated rings. The van der Waals surface area contributed by atoms with E-state index in [0.717, 1.165) is 21.9 Å². The smallest absolute Gasteiger partial charge is 0.105 e. The number of hydrogen-bond donors (Lipinski definition) is 1. The van der Waals surface area contributed by atoms with Crippen LogP contribution >= 0.6 is 11.6 Å². The molecule has 0 aromatic heterocycles. The summed E-state index contributed by atoms with van der Waals surface area (Å²) < 4.78 is 0. The molecule has 1 atom stereocenters. The van der Waals surface area contributed by atoms with Crippen molar-refractivity contribution < 1.29 is 5.11 Å². The Morgan fingerprint density at radius 1 is 0.850 bits per heavy atom. The molecule has 0 saturated carbocycles. The summed E-state index contributed by atoms with van der Waals surface area (Å²) in [7, 11) is 0. The van der Waals surface area contributed by atoms with Gasteiger partial charge in [0.2, 0.25) is 0 Å². The van der Waals surface area contributed by atoms with E-state index in [-0.39, 0.29) is 0 Å². The summed E-state index contributed by atoms with van der Waals surface area (Å²) in [6.07, 6.45) is -0.641. The molecule has 0 spiro atoms. The van der Waals surface area contributed by atoms with Crippen LogP contribution < -0.4 is 0 Å². The highest BCUT2D eigenvalue weighted by Gasteiger charge is 2.14. The molecule has 0 aliphatic rings. The van der Waals surface area contributed by atoms with Crippen LogP contribution in [0.3, 0.4) is 0 Å². The number of benzene rings is 3. The van der Waals surface area contributed by atoms with Gasteiger partial charge in [-0.3, -0.25) is 0 Å². The zero-order valence-corrected chi connectivity index (χ0v) is 11.9. The number of rotatable bonds is 2. The Morgan fingerprint density at radius 3 is 2.20 bits per heavy atom. The van der Waals surface area contributed by atoms with Crippen LogP contribution in [0.5, 0.6) is 0 Å². The van der Waals surface area contributed by atoms with Gasteiger partial charge in [-0.15, -0.1) is 0 Å². The summed E-state index contributed by atoms with van der Waals surface area (Å²) in [5.41, 5.74) is 2.96. The van der Waals surface area contributed by atoms with Gasteiger partial charge in [0.1, 0.15) is 6.10 Å². The molecule has 0 aliphatic heterocycles. The third-order valence-electron chi connectivity index (χ3n) is 3.59. The van der Waals surface area contributed by atoms with Gasteiger partial charge in [-0.05, 0) is 29.5 Å². The average molecular weight is 283 g/mol. The number of halogens is 1. The van der Waals surface area contributed by atoms with E-state index < -0.39 is 6.10 Å². The fourth-order valence-electron chi connectivity index (χ4n) is 2.45. The largest absolute Gasteiger partial charge is 0.384 e. The average Bonchev–Trinajstić information content (AvgIpc) is 2.48. The number of aliphatic hydroxyl groups excluding tert-OH is 1. The molecule has 0 aliphatic carbocycles. The minimum Gasteiger partial charge on any atom is -0.384 e. The van der Waals surface area contributed by atoms with Crippen molar-refractivity contribution in [2.45, 2.75) is 13.0 Å². The van der Waals surface area contributed by atoms with Gasteiger partial charge in [-0.2, -0.15) is 0 Å². The summed E-state index contributed by atoms with van der Waals surface area (Å²) in [6.45, 7) is 2.04. The molecule has 1 unspecified atom stereocenters. The Labute approximate surface area is 123 Å². The van der Waals surface area contributed by atoms with Crippen LogP contribution in [0.4, 0.5) is 0 Å². The summed E-state index contributed by atoms with van der Waals surface area (Å²) in [4.78, 5) is 0. The summed E-state index contributed by atoms with van der Waals surface area (Å²) in [5, 5.41) is 13.3. The molecule has 3 rings (SSSR count). The van der Waals surface area contributed by atoms with Gasteiger partial charge < -0.3 is 5.11 Å². The maximum atomic E-state index is 10.6. The van der Waals surface area contributed by atoms with Crippen LogP contribution in [0.1, 0.15) is 22.8 Å². The SMILES string of the molecule is Cc1ccc(C(O)c2ccc(Cl)c3ccccc23)cc1. The Morgan fingerprint density at radius 2 is 1.50 bits per heavy atom. The molecule has 2 heteroatoms. The van der Waals surface area contributed by atoms with Crippen molar-refractivity contribution in [3.8, 4) is 0 Å². The van der Waals surface area contributed by atoms with E-state index in [0.29, 0.717) is 5.02 Å². The molecule has 1 N–H and O–H groups in total. The predicted molar refractivity (Wildman–Crippen MR) is 84.2 cm³/mol. The first-order valence-electron chi connectivity index (χ1n) is 6.58. The van der Waals surface area contributed by atoms with Gasteiger partial charge >= 0.3 is 0 Å². The van der Waals surface area contributed by atoms with Gasteiger partial charge in [0.05, 0.1) is 0 Å². The lowest BCUT2D eigenvalue weighted by Gasteiger charge is -2.15. The van der Waals surface area contributed by atoms with Crippen molar-refractivity contribution >= 4 is 22.4 Å². The van der Waals surface area contributed by atoms with Crippen molar-refractivity contribution in [2.24, 2.45) is 0 Å². The lowest BCUT2D eigenvalue weighted by Crippen LogP contribution is -2.00. The zero-order chi connectivity index (χ0) is 14.1. The highest BCUT2D eigenvalue weighted by Crippen LogP contribution is 2.32. The van der Waals surface area contributed by atoms with Crippen LogP contribution in [0, 0.1) is 6.92 Å². The van der Waals surface area contributed by atoms with E-state index in [2.05, 4.69) is 0 Å². The molecule has 3 aromatic carbocycles. The molecule has 3 aromatic rings. The van der Waals surface area contributed by atoms with Gasteiger partial charge in [0, 0.05) is 10.4 Å². The minimum absolute atomic E-state index is 0.641. The second kappa shape index (κ2) is 5.28.